The van der Waals surface area contributed by atoms with Gasteiger partial charge < -0.3 is 20.3 Å². The SMILES string of the molecule is C#Cc1ccc(C(C(=O)NC(C)(C)C)N(C(=O)C(CC(C)C)NC(=O)OC(C)(C)C)C2CC2C)cc1. The molecule has 0 aromatic heterocycles. The molecule has 3 amide bonds. The number of carbonyl (C=O) groups is 3. The van der Waals surface area contributed by atoms with Crippen molar-refractivity contribution in [1.82, 2.24) is 15.5 Å². The topological polar surface area (TPSA) is 87.7 Å². The number of benzene rings is 1. The molecule has 4 atom stereocenters. The molecule has 198 valence electrons. The van der Waals surface area contributed by atoms with Gasteiger partial charge in [0.2, 0.25) is 11.8 Å². The van der Waals surface area contributed by atoms with Crippen LogP contribution in [0.5, 0.6) is 0 Å². The molecule has 7 heteroatoms. The zero-order valence-electron chi connectivity index (χ0n) is 23.3. The summed E-state index contributed by atoms with van der Waals surface area (Å²) in [5.41, 5.74) is 0.164. The molecule has 4 unspecified atom stereocenters. The van der Waals surface area contributed by atoms with Crippen LogP contribution in [0.4, 0.5) is 4.79 Å². The lowest BCUT2D eigenvalue weighted by atomic mass is 9.97. The van der Waals surface area contributed by atoms with E-state index >= 15 is 0 Å². The predicted molar refractivity (Wildman–Crippen MR) is 142 cm³/mol. The Kier molecular flexibility index (Phi) is 9.23. The highest BCUT2D eigenvalue weighted by Gasteiger charge is 2.48. The second-order valence-corrected chi connectivity index (χ2v) is 12.3. The van der Waals surface area contributed by atoms with Crippen LogP contribution < -0.4 is 10.6 Å². The predicted octanol–water partition coefficient (Wildman–Crippen LogP) is 4.80. The number of terminal acetylenes is 1. The summed E-state index contributed by atoms with van der Waals surface area (Å²) in [4.78, 5) is 42.2. The van der Waals surface area contributed by atoms with Gasteiger partial charge in [0.1, 0.15) is 17.7 Å². The number of nitrogens with one attached hydrogen (secondary N) is 2. The second kappa shape index (κ2) is 11.4. The summed E-state index contributed by atoms with van der Waals surface area (Å²) >= 11 is 0. The minimum atomic E-state index is -0.867. The molecule has 0 saturated heterocycles. The molecular weight excluding hydrogens is 454 g/mol. The van der Waals surface area contributed by atoms with Crippen LogP contribution in [0.15, 0.2) is 24.3 Å². The molecule has 1 aliphatic carbocycles. The molecular formula is C29H43N3O4. The standard InChI is InChI=1S/C29H43N3O4/c1-11-20-12-14-21(15-13-20)24(25(33)31-28(5,6)7)32(23-17-19(23)4)26(34)22(16-18(2)3)30-27(35)36-29(8,9)10/h1,12-15,18-19,22-24H,16-17H2,2-10H3,(H,30,35)(H,31,33). The number of carbonyl (C=O) groups excluding carboxylic acids is 3. The Morgan fingerprint density at radius 3 is 2.08 bits per heavy atom. The van der Waals surface area contributed by atoms with Gasteiger partial charge in [0.15, 0.2) is 0 Å². The van der Waals surface area contributed by atoms with Crippen molar-refractivity contribution in [3.05, 3.63) is 35.4 Å². The summed E-state index contributed by atoms with van der Waals surface area (Å²) in [5.74, 6) is 2.40. The minimum Gasteiger partial charge on any atom is -0.444 e. The van der Waals surface area contributed by atoms with E-state index in [1.165, 1.54) is 0 Å². The minimum absolute atomic E-state index is 0.115. The lowest BCUT2D eigenvalue weighted by Gasteiger charge is -2.37. The van der Waals surface area contributed by atoms with E-state index in [2.05, 4.69) is 23.5 Å². The fraction of sp³-hybridized carbons (Fsp3) is 0.621. The van der Waals surface area contributed by atoms with Crippen molar-refractivity contribution in [3.63, 3.8) is 0 Å². The van der Waals surface area contributed by atoms with Crippen molar-refractivity contribution < 1.29 is 19.1 Å². The maximum Gasteiger partial charge on any atom is 0.408 e. The highest BCUT2D eigenvalue weighted by Crippen LogP contribution is 2.41. The normalized spacial score (nSPS) is 19.0. The Hall–Kier alpha value is -3.01. The number of hydrogen-bond donors (Lipinski definition) is 2. The van der Waals surface area contributed by atoms with Gasteiger partial charge >= 0.3 is 6.09 Å². The van der Waals surface area contributed by atoms with Crippen molar-refractivity contribution in [1.29, 1.82) is 0 Å². The van der Waals surface area contributed by atoms with Gasteiger partial charge in [-0.3, -0.25) is 9.59 Å². The van der Waals surface area contributed by atoms with Gasteiger partial charge in [-0.15, -0.1) is 6.42 Å². The van der Waals surface area contributed by atoms with Crippen LogP contribution in [0.2, 0.25) is 0 Å². The molecule has 2 N–H and O–H groups in total. The first-order chi connectivity index (χ1) is 16.5. The lowest BCUT2D eigenvalue weighted by molar-refractivity contribution is -0.144. The van der Waals surface area contributed by atoms with E-state index in [4.69, 9.17) is 11.2 Å². The Bertz CT molecular complexity index is 980. The van der Waals surface area contributed by atoms with E-state index in [0.29, 0.717) is 17.5 Å². The van der Waals surface area contributed by atoms with Crippen molar-refractivity contribution in [2.75, 3.05) is 0 Å². The summed E-state index contributed by atoms with van der Waals surface area (Å²) in [5, 5.41) is 5.83. The average molecular weight is 498 g/mol. The summed E-state index contributed by atoms with van der Waals surface area (Å²) < 4.78 is 5.44. The van der Waals surface area contributed by atoms with Crippen LogP contribution in [-0.4, -0.2) is 46.0 Å². The fourth-order valence-corrected chi connectivity index (χ4v) is 4.13. The molecule has 1 aliphatic rings. The first-order valence-corrected chi connectivity index (χ1v) is 12.7. The summed E-state index contributed by atoms with van der Waals surface area (Å²) in [6, 6.07) is 5.33. The zero-order chi connectivity index (χ0) is 27.4. The Morgan fingerprint density at radius 2 is 1.67 bits per heavy atom. The van der Waals surface area contributed by atoms with Gasteiger partial charge in [-0.1, -0.05) is 38.8 Å². The van der Waals surface area contributed by atoms with E-state index in [-0.39, 0.29) is 29.7 Å². The molecule has 0 radical (unpaired) electrons. The molecule has 0 aliphatic heterocycles. The summed E-state index contributed by atoms with van der Waals surface area (Å²) in [6.45, 7) is 17.1. The third-order valence-electron chi connectivity index (χ3n) is 5.79. The van der Waals surface area contributed by atoms with Gasteiger partial charge in [0.05, 0.1) is 0 Å². The Balaban J connectivity index is 2.52. The van der Waals surface area contributed by atoms with Crippen LogP contribution in [0.25, 0.3) is 0 Å². The molecule has 36 heavy (non-hydrogen) atoms. The van der Waals surface area contributed by atoms with Gasteiger partial charge in [0, 0.05) is 17.1 Å². The number of ether oxygens (including phenoxy) is 1. The number of nitrogens with zero attached hydrogens (tertiary/aromatic N) is 1. The van der Waals surface area contributed by atoms with Crippen molar-refractivity contribution in [3.8, 4) is 12.3 Å². The molecule has 1 aromatic rings. The highest BCUT2D eigenvalue weighted by atomic mass is 16.6. The summed E-state index contributed by atoms with van der Waals surface area (Å²) in [7, 11) is 0. The van der Waals surface area contributed by atoms with Gasteiger partial charge in [-0.25, -0.2) is 4.79 Å². The Labute approximate surface area is 216 Å². The molecule has 0 heterocycles. The zero-order valence-corrected chi connectivity index (χ0v) is 23.3. The number of amides is 3. The van der Waals surface area contributed by atoms with Crippen LogP contribution in [0, 0.1) is 24.2 Å². The molecule has 1 saturated carbocycles. The molecule has 0 bridgehead atoms. The van der Waals surface area contributed by atoms with Crippen molar-refractivity contribution >= 4 is 17.9 Å². The molecule has 0 spiro atoms. The van der Waals surface area contributed by atoms with Crippen LogP contribution >= 0.6 is 0 Å². The molecule has 1 aromatic carbocycles. The van der Waals surface area contributed by atoms with E-state index in [9.17, 15) is 14.4 Å². The van der Waals surface area contributed by atoms with Crippen LogP contribution in [0.1, 0.15) is 92.3 Å². The van der Waals surface area contributed by atoms with E-state index in [1.807, 2.05) is 34.6 Å². The van der Waals surface area contributed by atoms with Crippen molar-refractivity contribution in [2.24, 2.45) is 11.8 Å². The Morgan fingerprint density at radius 1 is 1.11 bits per heavy atom. The highest BCUT2D eigenvalue weighted by molar-refractivity contribution is 5.93. The smallest absolute Gasteiger partial charge is 0.408 e. The molecule has 7 nitrogen and oxygen atoms in total. The largest absolute Gasteiger partial charge is 0.444 e. The second-order valence-electron chi connectivity index (χ2n) is 12.3. The number of hydrogen-bond acceptors (Lipinski definition) is 4. The quantitative estimate of drug-likeness (QED) is 0.505. The maximum atomic E-state index is 14.2. The fourth-order valence-electron chi connectivity index (χ4n) is 4.13. The van der Waals surface area contributed by atoms with E-state index < -0.39 is 29.3 Å². The van der Waals surface area contributed by atoms with Crippen LogP contribution in [-0.2, 0) is 14.3 Å². The molecule has 1 fully saturated rings. The lowest BCUT2D eigenvalue weighted by Crippen LogP contribution is -2.55. The third-order valence-corrected chi connectivity index (χ3v) is 5.79. The third kappa shape index (κ3) is 8.58. The van der Waals surface area contributed by atoms with Gasteiger partial charge in [-0.2, -0.15) is 0 Å². The molecule has 2 rings (SSSR count). The first-order valence-electron chi connectivity index (χ1n) is 12.7. The van der Waals surface area contributed by atoms with Crippen molar-refractivity contribution in [2.45, 2.75) is 104 Å². The van der Waals surface area contributed by atoms with Gasteiger partial charge in [0.25, 0.3) is 0 Å². The number of rotatable bonds is 8. The van der Waals surface area contributed by atoms with E-state index in [1.54, 1.807) is 49.9 Å². The monoisotopic (exact) mass is 497 g/mol. The van der Waals surface area contributed by atoms with Gasteiger partial charge in [-0.05, 0) is 83.9 Å². The maximum absolute atomic E-state index is 14.2. The number of alkyl carbamates (subject to hydrolysis) is 1. The van der Waals surface area contributed by atoms with Crippen LogP contribution in [0.3, 0.4) is 0 Å². The van der Waals surface area contributed by atoms with E-state index in [0.717, 1.165) is 6.42 Å². The average Bonchev–Trinajstić information content (AvgIpc) is 3.43. The first kappa shape index (κ1) is 29.2. The summed E-state index contributed by atoms with van der Waals surface area (Å²) in [6.07, 6.45) is 6.08.